The number of morpholine rings is 1. The number of aryl methyl sites for hydroxylation is 1. The lowest BCUT2D eigenvalue weighted by Gasteiger charge is -2.50. The van der Waals surface area contributed by atoms with E-state index in [-0.39, 0.29) is 35.7 Å². The Balaban J connectivity index is 1.50. The fraction of sp³-hybridized carbons (Fsp3) is 0.500. The number of thioether (sulfide) groups is 1. The standard InChI is InChI=1S/C30H35FN4O5S/c1-17-10-23-25-26(24(17)18-6-8-19(31)9-7-18)41-16-22(13-38-5)35(25)28(36)32-27(23)34-20-11-33(12-21(34)15-39-14-20)29(37)40-30(2,3)4/h6-10,20-22H,11-16H2,1-5H3/t20?,21?,22-/m0/s1. The zero-order chi connectivity index (χ0) is 29.1. The van der Waals surface area contributed by atoms with E-state index in [1.807, 2.05) is 27.7 Å². The molecule has 2 unspecified atom stereocenters. The first-order valence-corrected chi connectivity index (χ1v) is 14.9. The molecular weight excluding hydrogens is 547 g/mol. The molecule has 3 atom stereocenters. The van der Waals surface area contributed by atoms with Gasteiger partial charge in [0.05, 0.1) is 43.5 Å². The summed E-state index contributed by atoms with van der Waals surface area (Å²) in [5.41, 5.74) is 2.78. The van der Waals surface area contributed by atoms with E-state index in [1.54, 1.807) is 40.5 Å². The van der Waals surface area contributed by atoms with Crippen molar-refractivity contribution in [3.8, 4) is 11.1 Å². The Morgan fingerprint density at radius 3 is 2.49 bits per heavy atom. The highest BCUT2D eigenvalue weighted by atomic mass is 32.2. The highest BCUT2D eigenvalue weighted by molar-refractivity contribution is 7.99. The first-order chi connectivity index (χ1) is 19.6. The zero-order valence-electron chi connectivity index (χ0n) is 24.0. The van der Waals surface area contributed by atoms with Crippen LogP contribution in [-0.4, -0.2) is 84.0 Å². The molecule has 3 aliphatic heterocycles. The van der Waals surface area contributed by atoms with Gasteiger partial charge in [0.2, 0.25) is 0 Å². The maximum absolute atomic E-state index is 13.8. The van der Waals surface area contributed by atoms with Crippen LogP contribution in [0.5, 0.6) is 0 Å². The van der Waals surface area contributed by atoms with E-state index in [0.717, 1.165) is 32.5 Å². The molecular formula is C30H35FN4O5S. The number of halogens is 1. The van der Waals surface area contributed by atoms with Crippen LogP contribution in [-0.2, 0) is 14.2 Å². The Bertz CT molecular complexity index is 1540. The number of carbonyl (C=O) groups excluding carboxylic acids is 1. The highest BCUT2D eigenvalue weighted by Gasteiger charge is 2.43. The summed E-state index contributed by atoms with van der Waals surface area (Å²) >= 11 is 1.69. The van der Waals surface area contributed by atoms with Crippen LogP contribution in [0.1, 0.15) is 32.4 Å². The Hall–Kier alpha value is -3.15. The van der Waals surface area contributed by atoms with E-state index in [0.29, 0.717) is 44.5 Å². The molecule has 6 rings (SSSR count). The number of nitrogens with zero attached hydrogens (tertiary/aromatic N) is 4. The predicted molar refractivity (Wildman–Crippen MR) is 156 cm³/mol. The molecule has 1 aromatic heterocycles. The molecule has 41 heavy (non-hydrogen) atoms. The second-order valence-corrected chi connectivity index (χ2v) is 13.0. The zero-order valence-corrected chi connectivity index (χ0v) is 24.8. The Kier molecular flexibility index (Phi) is 7.24. The Labute approximate surface area is 242 Å². The fourth-order valence-corrected chi connectivity index (χ4v) is 7.56. The van der Waals surface area contributed by atoms with Crippen molar-refractivity contribution in [2.45, 2.75) is 56.3 Å². The molecule has 0 radical (unpaired) electrons. The summed E-state index contributed by atoms with van der Waals surface area (Å²) in [7, 11) is 1.63. The lowest BCUT2D eigenvalue weighted by atomic mass is 9.96. The second-order valence-electron chi connectivity index (χ2n) is 11.9. The number of anilines is 1. The van der Waals surface area contributed by atoms with Crippen LogP contribution >= 0.6 is 11.8 Å². The number of methoxy groups -OCH3 is 1. The molecule has 3 aromatic rings. The minimum Gasteiger partial charge on any atom is -0.444 e. The average Bonchev–Trinajstić information content (AvgIpc) is 2.90. The lowest BCUT2D eigenvalue weighted by molar-refractivity contribution is -0.0106. The monoisotopic (exact) mass is 582 g/mol. The first-order valence-electron chi connectivity index (χ1n) is 13.9. The number of hydrogen-bond donors (Lipinski definition) is 0. The van der Waals surface area contributed by atoms with Gasteiger partial charge in [0.15, 0.2) is 0 Å². The predicted octanol–water partition coefficient (Wildman–Crippen LogP) is 4.63. The van der Waals surface area contributed by atoms with Gasteiger partial charge in [-0.1, -0.05) is 12.1 Å². The maximum Gasteiger partial charge on any atom is 0.410 e. The third-order valence-corrected chi connectivity index (χ3v) is 9.02. The van der Waals surface area contributed by atoms with Gasteiger partial charge < -0.3 is 24.0 Å². The normalized spacial score (nSPS) is 22.2. The van der Waals surface area contributed by atoms with Gasteiger partial charge in [0.25, 0.3) is 0 Å². The van der Waals surface area contributed by atoms with Crippen molar-refractivity contribution in [1.29, 1.82) is 0 Å². The molecule has 0 spiro atoms. The van der Waals surface area contributed by atoms with E-state index in [4.69, 9.17) is 19.2 Å². The Morgan fingerprint density at radius 2 is 1.85 bits per heavy atom. The van der Waals surface area contributed by atoms with Gasteiger partial charge in [0.1, 0.15) is 17.2 Å². The van der Waals surface area contributed by atoms with Crippen LogP contribution in [0.3, 0.4) is 0 Å². The van der Waals surface area contributed by atoms with E-state index in [1.165, 1.54) is 12.1 Å². The summed E-state index contributed by atoms with van der Waals surface area (Å²) in [6, 6.07) is 8.02. The smallest absolute Gasteiger partial charge is 0.410 e. The van der Waals surface area contributed by atoms with Crippen molar-refractivity contribution in [3.05, 3.63) is 52.2 Å². The van der Waals surface area contributed by atoms with Gasteiger partial charge in [-0.15, -0.1) is 11.8 Å². The van der Waals surface area contributed by atoms with Crippen LogP contribution in [0.15, 0.2) is 40.0 Å². The molecule has 2 saturated heterocycles. The number of carbonyl (C=O) groups is 1. The second kappa shape index (κ2) is 10.6. The van der Waals surface area contributed by atoms with E-state index < -0.39 is 5.60 Å². The number of benzene rings is 2. The van der Waals surface area contributed by atoms with Crippen LogP contribution in [0.4, 0.5) is 15.0 Å². The molecule has 9 nitrogen and oxygen atoms in total. The number of fused-ring (bicyclic) bond motifs is 2. The van der Waals surface area contributed by atoms with Gasteiger partial charge in [-0.2, -0.15) is 4.98 Å². The SMILES string of the molecule is COC[C@H]1CSc2c(-c3ccc(F)cc3)c(C)cc3c(N4C5COCC4CN(C(=O)OC(C)(C)C)C5)nc(=O)n1c23. The molecule has 2 bridgehead atoms. The molecule has 0 saturated carbocycles. The largest absolute Gasteiger partial charge is 0.444 e. The lowest BCUT2D eigenvalue weighted by Crippen LogP contribution is -2.66. The number of aromatic nitrogens is 2. The van der Waals surface area contributed by atoms with Crippen molar-refractivity contribution in [2.75, 3.05) is 50.7 Å². The van der Waals surface area contributed by atoms with Gasteiger partial charge in [-0.05, 0) is 57.0 Å². The molecule has 4 heterocycles. The summed E-state index contributed by atoms with van der Waals surface area (Å²) in [5.74, 6) is 0.968. The number of rotatable bonds is 4. The molecule has 11 heteroatoms. The van der Waals surface area contributed by atoms with Crippen LogP contribution < -0.4 is 10.6 Å². The van der Waals surface area contributed by atoms with Gasteiger partial charge in [-0.3, -0.25) is 4.57 Å². The minimum atomic E-state index is -0.595. The summed E-state index contributed by atoms with van der Waals surface area (Å²) in [5, 5.41) is 0.874. The summed E-state index contributed by atoms with van der Waals surface area (Å²) in [4.78, 5) is 36.4. The molecule has 3 aliphatic rings. The van der Waals surface area contributed by atoms with Crippen molar-refractivity contribution < 1.29 is 23.4 Å². The van der Waals surface area contributed by atoms with E-state index in [2.05, 4.69) is 11.0 Å². The minimum absolute atomic E-state index is 0.176. The highest BCUT2D eigenvalue weighted by Crippen LogP contribution is 2.46. The number of piperazine rings is 1. The van der Waals surface area contributed by atoms with Crippen LogP contribution in [0.25, 0.3) is 22.0 Å². The van der Waals surface area contributed by atoms with Gasteiger partial charge >= 0.3 is 11.8 Å². The van der Waals surface area contributed by atoms with Crippen molar-refractivity contribution in [3.63, 3.8) is 0 Å². The first kappa shape index (κ1) is 28.0. The Morgan fingerprint density at radius 1 is 1.17 bits per heavy atom. The third-order valence-electron chi connectivity index (χ3n) is 7.78. The molecule has 218 valence electrons. The third kappa shape index (κ3) is 5.08. The summed E-state index contributed by atoms with van der Waals surface area (Å²) < 4.78 is 32.6. The van der Waals surface area contributed by atoms with Crippen molar-refractivity contribution in [2.24, 2.45) is 0 Å². The summed E-state index contributed by atoms with van der Waals surface area (Å²) in [6.07, 6.45) is -0.349. The maximum atomic E-state index is 13.8. The fourth-order valence-electron chi connectivity index (χ4n) is 6.19. The summed E-state index contributed by atoms with van der Waals surface area (Å²) in [6.45, 7) is 9.61. The molecule has 0 aliphatic carbocycles. The quantitative estimate of drug-likeness (QED) is 0.440. The van der Waals surface area contributed by atoms with E-state index >= 15 is 0 Å². The average molecular weight is 583 g/mol. The molecule has 1 amide bonds. The van der Waals surface area contributed by atoms with Gasteiger partial charge in [0, 0.05) is 41.8 Å². The van der Waals surface area contributed by atoms with Crippen LogP contribution in [0.2, 0.25) is 0 Å². The molecule has 2 fully saturated rings. The van der Waals surface area contributed by atoms with Gasteiger partial charge in [-0.25, -0.2) is 14.0 Å². The number of ether oxygens (including phenoxy) is 3. The van der Waals surface area contributed by atoms with Crippen molar-refractivity contribution >= 4 is 34.6 Å². The van der Waals surface area contributed by atoms with E-state index in [9.17, 15) is 14.0 Å². The molecule has 0 N–H and O–H groups in total. The number of amides is 1. The topological polar surface area (TPSA) is 86.1 Å². The van der Waals surface area contributed by atoms with Crippen LogP contribution in [0, 0.1) is 12.7 Å². The number of hydrogen-bond acceptors (Lipinski definition) is 8. The molecule has 2 aromatic carbocycles. The van der Waals surface area contributed by atoms with Crippen molar-refractivity contribution in [1.82, 2.24) is 14.5 Å².